The van der Waals surface area contributed by atoms with Gasteiger partial charge < -0.3 is 15.8 Å². The molecule has 1 saturated heterocycles. The zero-order chi connectivity index (χ0) is 13.5. The van der Waals surface area contributed by atoms with Gasteiger partial charge in [-0.05, 0) is 25.7 Å². The van der Waals surface area contributed by atoms with Crippen molar-refractivity contribution in [2.45, 2.75) is 37.3 Å². The fraction of sp³-hybridized carbons (Fsp3) is 0.692. The van der Waals surface area contributed by atoms with Gasteiger partial charge in [0.15, 0.2) is 0 Å². The summed E-state index contributed by atoms with van der Waals surface area (Å²) in [5, 5.41) is 7.35. The molecule has 6 nitrogen and oxygen atoms in total. The second-order valence-corrected chi connectivity index (χ2v) is 5.55. The van der Waals surface area contributed by atoms with E-state index in [1.54, 1.807) is 0 Å². The standard InChI is InChI=1S/C13H20N4O2/c1-17-11-4-2-3-10(9(11)7-15-17)16-12(18)13(14)5-6-19-8-13/h7,10H,2-6,8,14H2,1H3,(H,16,18). The Balaban J connectivity index is 1.76. The summed E-state index contributed by atoms with van der Waals surface area (Å²) >= 11 is 0. The van der Waals surface area contributed by atoms with Gasteiger partial charge in [-0.3, -0.25) is 9.48 Å². The monoisotopic (exact) mass is 264 g/mol. The molecule has 1 aromatic heterocycles. The molecule has 104 valence electrons. The van der Waals surface area contributed by atoms with Crippen LogP contribution in [-0.2, 0) is 23.0 Å². The number of nitrogens with zero attached hydrogens (tertiary/aromatic N) is 2. The van der Waals surface area contributed by atoms with Gasteiger partial charge in [0.1, 0.15) is 5.54 Å². The van der Waals surface area contributed by atoms with Crippen molar-refractivity contribution in [3.8, 4) is 0 Å². The maximum atomic E-state index is 12.3. The summed E-state index contributed by atoms with van der Waals surface area (Å²) in [6.07, 6.45) is 5.47. The summed E-state index contributed by atoms with van der Waals surface area (Å²) < 4.78 is 7.14. The molecule has 2 atom stereocenters. The molecule has 1 aliphatic carbocycles. The van der Waals surface area contributed by atoms with Crippen molar-refractivity contribution in [3.05, 3.63) is 17.5 Å². The first kappa shape index (κ1) is 12.6. The Kier molecular flexibility index (Phi) is 3.06. The van der Waals surface area contributed by atoms with Gasteiger partial charge in [-0.1, -0.05) is 0 Å². The zero-order valence-electron chi connectivity index (χ0n) is 11.2. The lowest BCUT2D eigenvalue weighted by Crippen LogP contribution is -2.55. The quantitative estimate of drug-likeness (QED) is 0.789. The number of carbonyl (C=O) groups is 1. The van der Waals surface area contributed by atoms with Crippen molar-refractivity contribution in [1.82, 2.24) is 15.1 Å². The highest BCUT2D eigenvalue weighted by atomic mass is 16.5. The van der Waals surface area contributed by atoms with Crippen LogP contribution in [0.5, 0.6) is 0 Å². The average Bonchev–Trinajstić information content (AvgIpc) is 2.99. The summed E-state index contributed by atoms with van der Waals surface area (Å²) in [6, 6.07) is 0.0333. The summed E-state index contributed by atoms with van der Waals surface area (Å²) in [5.74, 6) is -0.105. The number of hydrogen-bond acceptors (Lipinski definition) is 4. The summed E-state index contributed by atoms with van der Waals surface area (Å²) in [5.41, 5.74) is 7.57. The van der Waals surface area contributed by atoms with Crippen LogP contribution >= 0.6 is 0 Å². The normalized spacial score (nSPS) is 30.1. The Morgan fingerprint density at radius 2 is 2.53 bits per heavy atom. The molecule has 6 heteroatoms. The third-order valence-corrected chi connectivity index (χ3v) is 4.19. The molecule has 2 heterocycles. The van der Waals surface area contributed by atoms with Crippen molar-refractivity contribution in [2.24, 2.45) is 12.8 Å². The summed E-state index contributed by atoms with van der Waals surface area (Å²) in [6.45, 7) is 0.873. The molecule has 1 amide bonds. The van der Waals surface area contributed by atoms with Gasteiger partial charge in [-0.15, -0.1) is 0 Å². The number of hydrogen-bond donors (Lipinski definition) is 2. The van der Waals surface area contributed by atoms with Crippen LogP contribution in [0, 0.1) is 0 Å². The molecule has 3 rings (SSSR count). The maximum absolute atomic E-state index is 12.3. The van der Waals surface area contributed by atoms with Gasteiger partial charge in [0.2, 0.25) is 5.91 Å². The highest BCUT2D eigenvalue weighted by Gasteiger charge is 2.39. The van der Waals surface area contributed by atoms with Gasteiger partial charge >= 0.3 is 0 Å². The third kappa shape index (κ3) is 2.15. The summed E-state index contributed by atoms with van der Waals surface area (Å²) in [4.78, 5) is 12.3. The van der Waals surface area contributed by atoms with Crippen molar-refractivity contribution in [2.75, 3.05) is 13.2 Å². The van der Waals surface area contributed by atoms with E-state index in [0.29, 0.717) is 19.6 Å². The minimum Gasteiger partial charge on any atom is -0.379 e. The average molecular weight is 264 g/mol. The highest BCUT2D eigenvalue weighted by Crippen LogP contribution is 2.30. The third-order valence-electron chi connectivity index (χ3n) is 4.19. The fourth-order valence-corrected chi connectivity index (χ4v) is 2.92. The molecule has 0 aromatic carbocycles. The predicted molar refractivity (Wildman–Crippen MR) is 69.4 cm³/mol. The fourth-order valence-electron chi connectivity index (χ4n) is 2.92. The van der Waals surface area contributed by atoms with E-state index < -0.39 is 5.54 Å². The van der Waals surface area contributed by atoms with Gasteiger partial charge in [0.05, 0.1) is 18.8 Å². The SMILES string of the molecule is Cn1ncc2c1CCCC2NC(=O)C1(N)CCOC1. The molecule has 19 heavy (non-hydrogen) atoms. The van der Waals surface area contributed by atoms with Crippen LogP contribution in [0.3, 0.4) is 0 Å². The smallest absolute Gasteiger partial charge is 0.243 e. The van der Waals surface area contributed by atoms with E-state index in [1.807, 2.05) is 17.9 Å². The number of carbonyl (C=O) groups excluding carboxylic acids is 1. The number of ether oxygens (including phenoxy) is 1. The number of rotatable bonds is 2. The Bertz CT molecular complexity index is 491. The number of nitrogens with one attached hydrogen (secondary N) is 1. The molecule has 0 spiro atoms. The largest absolute Gasteiger partial charge is 0.379 e. The van der Waals surface area contributed by atoms with Crippen LogP contribution < -0.4 is 11.1 Å². The highest BCUT2D eigenvalue weighted by molar-refractivity contribution is 5.87. The van der Waals surface area contributed by atoms with E-state index in [-0.39, 0.29) is 11.9 Å². The van der Waals surface area contributed by atoms with Crippen LogP contribution in [0.1, 0.15) is 36.6 Å². The molecule has 2 unspecified atom stereocenters. The van der Waals surface area contributed by atoms with Gasteiger partial charge in [-0.25, -0.2) is 0 Å². The lowest BCUT2D eigenvalue weighted by Gasteiger charge is -2.28. The zero-order valence-corrected chi connectivity index (χ0v) is 11.2. The number of aromatic nitrogens is 2. The molecular weight excluding hydrogens is 244 g/mol. The predicted octanol–water partition coefficient (Wildman–Crippen LogP) is 0.0315. The van der Waals surface area contributed by atoms with Crippen LogP contribution in [0.25, 0.3) is 0 Å². The Morgan fingerprint density at radius 3 is 3.26 bits per heavy atom. The number of aryl methyl sites for hydroxylation is 1. The molecule has 1 aliphatic heterocycles. The Labute approximate surface area is 112 Å². The van der Waals surface area contributed by atoms with E-state index in [2.05, 4.69) is 10.4 Å². The molecule has 0 radical (unpaired) electrons. The molecule has 0 saturated carbocycles. The van der Waals surface area contributed by atoms with Crippen LogP contribution in [0.2, 0.25) is 0 Å². The van der Waals surface area contributed by atoms with E-state index >= 15 is 0 Å². The second kappa shape index (κ2) is 4.61. The van der Waals surface area contributed by atoms with Crippen molar-refractivity contribution >= 4 is 5.91 Å². The summed E-state index contributed by atoms with van der Waals surface area (Å²) in [7, 11) is 1.94. The van der Waals surface area contributed by atoms with E-state index in [1.165, 1.54) is 5.69 Å². The minimum absolute atomic E-state index is 0.0333. The van der Waals surface area contributed by atoms with E-state index in [0.717, 1.165) is 24.8 Å². The number of nitrogens with two attached hydrogens (primary N) is 1. The van der Waals surface area contributed by atoms with Crippen molar-refractivity contribution in [1.29, 1.82) is 0 Å². The first-order valence-electron chi connectivity index (χ1n) is 6.78. The van der Waals surface area contributed by atoms with Crippen molar-refractivity contribution < 1.29 is 9.53 Å². The Hall–Kier alpha value is -1.40. The molecule has 0 bridgehead atoms. The number of fused-ring (bicyclic) bond motifs is 1. The first-order chi connectivity index (χ1) is 9.10. The Morgan fingerprint density at radius 1 is 1.68 bits per heavy atom. The van der Waals surface area contributed by atoms with Gasteiger partial charge in [0.25, 0.3) is 0 Å². The second-order valence-electron chi connectivity index (χ2n) is 5.55. The van der Waals surface area contributed by atoms with Crippen LogP contribution in [0.4, 0.5) is 0 Å². The molecule has 2 aliphatic rings. The van der Waals surface area contributed by atoms with Crippen LogP contribution in [0.15, 0.2) is 6.20 Å². The first-order valence-corrected chi connectivity index (χ1v) is 6.78. The maximum Gasteiger partial charge on any atom is 0.243 e. The molecule has 3 N–H and O–H groups in total. The number of amides is 1. The lowest BCUT2D eigenvalue weighted by atomic mass is 9.91. The minimum atomic E-state index is -0.861. The van der Waals surface area contributed by atoms with E-state index in [9.17, 15) is 4.79 Å². The van der Waals surface area contributed by atoms with E-state index in [4.69, 9.17) is 10.5 Å². The van der Waals surface area contributed by atoms with Crippen molar-refractivity contribution in [3.63, 3.8) is 0 Å². The molecule has 1 aromatic rings. The lowest BCUT2D eigenvalue weighted by molar-refractivity contribution is -0.127. The molecule has 1 fully saturated rings. The topological polar surface area (TPSA) is 82.2 Å². The van der Waals surface area contributed by atoms with Gasteiger partial charge in [0, 0.05) is 24.9 Å². The molecular formula is C13H20N4O2. The van der Waals surface area contributed by atoms with Gasteiger partial charge in [-0.2, -0.15) is 5.10 Å². The van der Waals surface area contributed by atoms with Crippen LogP contribution in [-0.4, -0.2) is 34.4 Å².